The Morgan fingerprint density at radius 1 is 0.929 bits per heavy atom. The molecule has 4 nitrogen and oxygen atoms in total. The molecule has 1 N–H and O–H groups in total. The van der Waals surface area contributed by atoms with Crippen LogP contribution in [-0.4, -0.2) is 48.3 Å². The maximum atomic E-state index is 11.2. The number of carbonyl (C=O) groups is 1. The van der Waals surface area contributed by atoms with E-state index in [1.165, 1.54) is 51.5 Å². The van der Waals surface area contributed by atoms with Crippen LogP contribution in [0.1, 0.15) is 91.4 Å². The van der Waals surface area contributed by atoms with Crippen LogP contribution in [0.5, 0.6) is 0 Å². The number of likely N-dealkylation sites (N-methyl/N-ethyl adjacent to an activating group) is 1. The number of unbranched alkanes of at least 4 members (excludes halogenated alkanes) is 2. The van der Waals surface area contributed by atoms with Gasteiger partial charge in [0.2, 0.25) is 0 Å². The fraction of sp³-hybridized carbons (Fsp3) is 0.957. The molecule has 2 aliphatic rings. The summed E-state index contributed by atoms with van der Waals surface area (Å²) < 4.78 is 1.09. The molecule has 2 aliphatic carbocycles. The van der Waals surface area contributed by atoms with Gasteiger partial charge in [-0.25, -0.2) is 0 Å². The third kappa shape index (κ3) is 9.13. The normalized spacial score (nSPS) is 18.0. The van der Waals surface area contributed by atoms with Crippen LogP contribution in [0.4, 0.5) is 0 Å². The van der Waals surface area contributed by atoms with Gasteiger partial charge in [-0.3, -0.25) is 0 Å². The summed E-state index contributed by atoms with van der Waals surface area (Å²) in [5, 5.41) is 20.2. The van der Waals surface area contributed by atoms with Crippen LogP contribution in [0.2, 0.25) is 0 Å². The molecule has 0 unspecified atom stereocenters. The molecular formula is C23H45BrNO3-. The number of carboxylic acid groups (broad SMARTS) is 1. The lowest BCUT2D eigenvalue weighted by Crippen LogP contribution is -3.00. The van der Waals surface area contributed by atoms with E-state index in [4.69, 9.17) is 5.11 Å². The molecule has 0 saturated heterocycles. The van der Waals surface area contributed by atoms with Gasteiger partial charge in [-0.1, -0.05) is 39.0 Å². The lowest BCUT2D eigenvalue weighted by atomic mass is 9.79. The average molecular weight is 464 g/mol. The van der Waals surface area contributed by atoms with Gasteiger partial charge in [-0.15, -0.1) is 0 Å². The van der Waals surface area contributed by atoms with Crippen molar-refractivity contribution in [3.05, 3.63) is 0 Å². The SMILES string of the molecule is CCCCC[N+](CC)(CC)CCO.O=C([O-])C(C1CCCC1)C1CCCC1.[Br-]. The largest absolute Gasteiger partial charge is 1.00 e. The van der Waals surface area contributed by atoms with Crippen LogP contribution in [-0.2, 0) is 4.79 Å². The lowest BCUT2D eigenvalue weighted by Gasteiger charge is -2.36. The number of carbonyl (C=O) groups excluding carboxylic acids is 1. The first-order valence-corrected chi connectivity index (χ1v) is 11.7. The summed E-state index contributed by atoms with van der Waals surface area (Å²) in [5.74, 6) is -0.0324. The molecule has 0 radical (unpaired) electrons. The Hall–Kier alpha value is -0.130. The number of aliphatic hydroxyl groups excluding tert-OH is 1. The predicted octanol–water partition coefficient (Wildman–Crippen LogP) is 0.762. The molecular weight excluding hydrogens is 418 g/mol. The maximum absolute atomic E-state index is 11.2. The Bertz CT molecular complexity index is 373. The van der Waals surface area contributed by atoms with Crippen molar-refractivity contribution in [2.24, 2.45) is 17.8 Å². The summed E-state index contributed by atoms with van der Waals surface area (Å²) in [6.45, 7) is 11.5. The number of aliphatic hydroxyl groups is 1. The second-order valence-corrected chi connectivity index (χ2v) is 8.79. The van der Waals surface area contributed by atoms with E-state index in [-0.39, 0.29) is 22.9 Å². The van der Waals surface area contributed by atoms with E-state index in [0.717, 1.165) is 49.8 Å². The second kappa shape index (κ2) is 15.7. The number of rotatable bonds is 11. The molecule has 0 aromatic carbocycles. The zero-order valence-electron chi connectivity index (χ0n) is 18.6. The van der Waals surface area contributed by atoms with Gasteiger partial charge in [0.25, 0.3) is 0 Å². The lowest BCUT2D eigenvalue weighted by molar-refractivity contribution is -0.925. The molecule has 0 aromatic heterocycles. The number of carboxylic acids is 1. The molecule has 168 valence electrons. The molecule has 0 amide bonds. The van der Waals surface area contributed by atoms with E-state index >= 15 is 0 Å². The van der Waals surface area contributed by atoms with Crippen molar-refractivity contribution in [1.29, 1.82) is 0 Å². The molecule has 0 aromatic rings. The molecule has 0 atom stereocenters. The molecule has 0 aliphatic heterocycles. The molecule has 0 heterocycles. The van der Waals surface area contributed by atoms with Crippen molar-refractivity contribution < 1.29 is 36.5 Å². The van der Waals surface area contributed by atoms with Gasteiger partial charge in [-0.05, 0) is 64.2 Å². The second-order valence-electron chi connectivity index (χ2n) is 8.79. The highest BCUT2D eigenvalue weighted by atomic mass is 79.9. The van der Waals surface area contributed by atoms with Gasteiger partial charge in [0.05, 0.1) is 26.2 Å². The first kappa shape index (κ1) is 27.9. The topological polar surface area (TPSA) is 60.4 Å². The Morgan fingerprint density at radius 3 is 1.71 bits per heavy atom. The number of hydrogen-bond acceptors (Lipinski definition) is 3. The van der Waals surface area contributed by atoms with Crippen LogP contribution in [0.25, 0.3) is 0 Å². The Balaban J connectivity index is 0.000000505. The molecule has 28 heavy (non-hydrogen) atoms. The van der Waals surface area contributed by atoms with Crippen LogP contribution in [0.3, 0.4) is 0 Å². The van der Waals surface area contributed by atoms with Crippen molar-refractivity contribution in [3.8, 4) is 0 Å². The molecule has 0 spiro atoms. The average Bonchev–Trinajstić information content (AvgIpc) is 3.36. The first-order valence-electron chi connectivity index (χ1n) is 11.7. The van der Waals surface area contributed by atoms with Gasteiger partial charge in [0.15, 0.2) is 0 Å². The van der Waals surface area contributed by atoms with E-state index in [9.17, 15) is 9.90 Å². The minimum Gasteiger partial charge on any atom is -1.00 e. The molecule has 2 saturated carbocycles. The zero-order valence-corrected chi connectivity index (χ0v) is 20.2. The van der Waals surface area contributed by atoms with Crippen molar-refractivity contribution in [2.75, 3.05) is 32.8 Å². The van der Waals surface area contributed by atoms with Crippen LogP contribution < -0.4 is 22.1 Å². The fourth-order valence-corrected chi connectivity index (χ4v) is 5.28. The third-order valence-electron chi connectivity index (χ3n) is 7.24. The van der Waals surface area contributed by atoms with Crippen LogP contribution >= 0.6 is 0 Å². The highest BCUT2D eigenvalue weighted by Crippen LogP contribution is 2.41. The Labute approximate surface area is 184 Å². The number of aliphatic carboxylic acids is 1. The standard InChI is InChI=1S/C12H20O2.C11H26NO.BrH/c13-12(14)11(9-5-1-2-6-9)10-7-3-4-8-10;1-4-7-8-9-12(5-2,6-3)10-11-13;/h9-11H,1-8H2,(H,13,14);13H,4-11H2,1-3H3;1H/q;+1;/p-2. The highest BCUT2D eigenvalue weighted by Gasteiger charge is 2.33. The molecule has 5 heteroatoms. The van der Waals surface area contributed by atoms with E-state index in [0.29, 0.717) is 18.4 Å². The third-order valence-corrected chi connectivity index (χ3v) is 7.24. The monoisotopic (exact) mass is 462 g/mol. The van der Waals surface area contributed by atoms with E-state index in [1.54, 1.807) is 0 Å². The van der Waals surface area contributed by atoms with E-state index in [2.05, 4.69) is 20.8 Å². The predicted molar refractivity (Wildman–Crippen MR) is 110 cm³/mol. The minimum absolute atomic E-state index is 0. The number of nitrogens with zero attached hydrogens (tertiary/aromatic N) is 1. The molecule has 2 fully saturated rings. The van der Waals surface area contributed by atoms with Gasteiger partial charge >= 0.3 is 0 Å². The van der Waals surface area contributed by atoms with E-state index in [1.807, 2.05) is 0 Å². The number of quaternary nitrogens is 1. The summed E-state index contributed by atoms with van der Waals surface area (Å²) >= 11 is 0. The maximum Gasteiger partial charge on any atom is 0.102 e. The smallest absolute Gasteiger partial charge is 0.102 e. The summed E-state index contributed by atoms with van der Waals surface area (Å²) in [7, 11) is 0. The zero-order chi connectivity index (χ0) is 20.1. The van der Waals surface area contributed by atoms with Crippen LogP contribution in [0, 0.1) is 17.8 Å². The fourth-order valence-electron chi connectivity index (χ4n) is 5.28. The Kier molecular flexibility index (Phi) is 15.6. The Morgan fingerprint density at radius 2 is 1.39 bits per heavy atom. The van der Waals surface area contributed by atoms with Gasteiger partial charge in [0, 0.05) is 11.9 Å². The molecule has 0 bridgehead atoms. The summed E-state index contributed by atoms with van der Waals surface area (Å²) in [6, 6.07) is 0. The minimum atomic E-state index is -0.774. The summed E-state index contributed by atoms with van der Waals surface area (Å²) in [6.07, 6.45) is 13.3. The first-order chi connectivity index (χ1) is 13.0. The van der Waals surface area contributed by atoms with E-state index < -0.39 is 5.97 Å². The van der Waals surface area contributed by atoms with Gasteiger partial charge < -0.3 is 36.5 Å². The van der Waals surface area contributed by atoms with Crippen molar-refractivity contribution in [1.82, 2.24) is 0 Å². The number of halogens is 1. The van der Waals surface area contributed by atoms with Crippen LogP contribution in [0.15, 0.2) is 0 Å². The number of hydrogen-bond donors (Lipinski definition) is 1. The quantitative estimate of drug-likeness (QED) is 0.364. The van der Waals surface area contributed by atoms with Crippen molar-refractivity contribution in [2.45, 2.75) is 91.4 Å². The van der Waals surface area contributed by atoms with Crippen molar-refractivity contribution >= 4 is 5.97 Å². The summed E-state index contributed by atoms with van der Waals surface area (Å²) in [4.78, 5) is 11.2. The molecule has 2 rings (SSSR count). The van der Waals surface area contributed by atoms with Gasteiger partial charge in [0.1, 0.15) is 6.54 Å². The van der Waals surface area contributed by atoms with Gasteiger partial charge in [-0.2, -0.15) is 0 Å². The highest BCUT2D eigenvalue weighted by molar-refractivity contribution is 5.68. The van der Waals surface area contributed by atoms with Crippen molar-refractivity contribution in [3.63, 3.8) is 0 Å². The summed E-state index contributed by atoms with van der Waals surface area (Å²) in [5.41, 5.74) is 0.